The second-order valence-electron chi connectivity index (χ2n) is 6.60. The molecule has 1 aromatic carbocycles. The van der Waals surface area contributed by atoms with Crippen LogP contribution >= 0.6 is 11.3 Å². The van der Waals surface area contributed by atoms with Crippen LogP contribution in [0.1, 0.15) is 49.6 Å². The van der Waals surface area contributed by atoms with Crippen molar-refractivity contribution in [3.05, 3.63) is 58.3 Å². The van der Waals surface area contributed by atoms with E-state index in [1.807, 2.05) is 11.3 Å². The maximum Gasteiger partial charge on any atom is 0.0532 e. The molecule has 0 radical (unpaired) electrons. The molecule has 21 heavy (non-hydrogen) atoms. The first-order valence-corrected chi connectivity index (χ1v) is 8.90. The molecule has 0 aliphatic carbocycles. The average Bonchev–Trinajstić information content (AvgIpc) is 3.03. The second-order valence-corrected chi connectivity index (χ2v) is 7.58. The molecule has 2 heteroatoms. The number of hydrogen-bond acceptors (Lipinski definition) is 2. The van der Waals surface area contributed by atoms with Crippen LogP contribution in [0.15, 0.2) is 47.8 Å². The van der Waals surface area contributed by atoms with Crippen LogP contribution in [0, 0.1) is 0 Å². The van der Waals surface area contributed by atoms with Crippen molar-refractivity contribution in [3.63, 3.8) is 0 Å². The maximum atomic E-state index is 2.71. The largest absolute Gasteiger partial charge is 0.295 e. The van der Waals surface area contributed by atoms with E-state index in [0.717, 1.165) is 0 Å². The zero-order chi connectivity index (χ0) is 14.7. The zero-order valence-corrected chi connectivity index (χ0v) is 13.9. The van der Waals surface area contributed by atoms with Gasteiger partial charge in [0.1, 0.15) is 0 Å². The fourth-order valence-corrected chi connectivity index (χ4v) is 4.69. The first-order valence-electron chi connectivity index (χ1n) is 8.02. The lowest BCUT2D eigenvalue weighted by Crippen LogP contribution is -2.43. The molecule has 0 spiro atoms. The molecule has 1 aliphatic heterocycles. The summed E-state index contributed by atoms with van der Waals surface area (Å²) in [6.07, 6.45) is 4.07. The van der Waals surface area contributed by atoms with Gasteiger partial charge in [0.25, 0.3) is 0 Å². The van der Waals surface area contributed by atoms with Crippen LogP contribution in [-0.4, -0.2) is 18.0 Å². The van der Waals surface area contributed by atoms with Crippen LogP contribution in [0.3, 0.4) is 0 Å². The van der Waals surface area contributed by atoms with Gasteiger partial charge in [-0.05, 0) is 42.9 Å². The number of rotatable bonds is 4. The van der Waals surface area contributed by atoms with Gasteiger partial charge in [0.05, 0.1) is 6.04 Å². The molecule has 3 rings (SSSR count). The normalized spacial score (nSPS) is 18.6. The van der Waals surface area contributed by atoms with Crippen LogP contribution < -0.4 is 0 Å². The molecule has 0 bridgehead atoms. The number of hydrogen-bond donors (Lipinski definition) is 0. The zero-order valence-electron chi connectivity index (χ0n) is 13.1. The third-order valence-corrected chi connectivity index (χ3v) is 5.69. The van der Waals surface area contributed by atoms with Gasteiger partial charge in [-0.15, -0.1) is 11.3 Å². The van der Waals surface area contributed by atoms with Gasteiger partial charge in [-0.1, -0.05) is 56.7 Å². The molecule has 1 aliphatic rings. The van der Waals surface area contributed by atoms with Gasteiger partial charge >= 0.3 is 0 Å². The molecular formula is C19H25NS. The van der Waals surface area contributed by atoms with Gasteiger partial charge in [0, 0.05) is 10.3 Å². The van der Waals surface area contributed by atoms with E-state index in [1.54, 1.807) is 0 Å². The Morgan fingerprint density at radius 3 is 2.29 bits per heavy atom. The lowest BCUT2D eigenvalue weighted by Gasteiger charge is -2.44. The molecule has 0 saturated carbocycles. The van der Waals surface area contributed by atoms with Gasteiger partial charge in [0.15, 0.2) is 0 Å². The Kier molecular flexibility index (Phi) is 4.46. The average molecular weight is 299 g/mol. The van der Waals surface area contributed by atoms with Crippen molar-refractivity contribution < 1.29 is 0 Å². The summed E-state index contributed by atoms with van der Waals surface area (Å²) in [5.41, 5.74) is 1.57. The van der Waals surface area contributed by atoms with Crippen molar-refractivity contribution in [2.24, 2.45) is 0 Å². The molecule has 1 unspecified atom stereocenters. The summed E-state index contributed by atoms with van der Waals surface area (Å²) in [6.45, 7) is 7.28. The Morgan fingerprint density at radius 1 is 0.952 bits per heavy atom. The van der Waals surface area contributed by atoms with E-state index in [0.29, 0.717) is 6.04 Å². The smallest absolute Gasteiger partial charge is 0.0532 e. The highest BCUT2D eigenvalue weighted by Crippen LogP contribution is 2.43. The van der Waals surface area contributed by atoms with E-state index >= 15 is 0 Å². The minimum Gasteiger partial charge on any atom is -0.295 e. The number of nitrogens with zero attached hydrogens (tertiary/aromatic N) is 1. The quantitative estimate of drug-likeness (QED) is 0.745. The summed E-state index contributed by atoms with van der Waals surface area (Å²) < 4.78 is 0. The molecule has 1 fully saturated rings. The monoisotopic (exact) mass is 299 g/mol. The Morgan fingerprint density at radius 2 is 1.67 bits per heavy atom. The Bertz CT molecular complexity index is 538. The predicted octanol–water partition coefficient (Wildman–Crippen LogP) is 5.25. The predicted molar refractivity (Wildman–Crippen MR) is 92.0 cm³/mol. The van der Waals surface area contributed by atoms with E-state index in [2.05, 4.69) is 66.6 Å². The van der Waals surface area contributed by atoms with Crippen molar-refractivity contribution in [1.82, 2.24) is 4.90 Å². The first-order chi connectivity index (χ1) is 10.2. The van der Waals surface area contributed by atoms with Crippen LogP contribution in [0.2, 0.25) is 0 Å². The lowest BCUT2D eigenvalue weighted by molar-refractivity contribution is 0.112. The van der Waals surface area contributed by atoms with Crippen molar-refractivity contribution in [2.45, 2.75) is 44.6 Å². The summed E-state index contributed by atoms with van der Waals surface area (Å²) in [5, 5.41) is 2.22. The van der Waals surface area contributed by atoms with Crippen molar-refractivity contribution in [1.29, 1.82) is 0 Å². The van der Waals surface area contributed by atoms with Crippen molar-refractivity contribution in [2.75, 3.05) is 13.1 Å². The summed E-state index contributed by atoms with van der Waals surface area (Å²) in [4.78, 5) is 4.22. The van der Waals surface area contributed by atoms with Gasteiger partial charge in [-0.3, -0.25) is 4.90 Å². The van der Waals surface area contributed by atoms with Crippen LogP contribution in [-0.2, 0) is 5.41 Å². The molecule has 1 atom stereocenters. The molecular weight excluding hydrogens is 274 g/mol. The van der Waals surface area contributed by atoms with Gasteiger partial charge < -0.3 is 0 Å². The Balaban J connectivity index is 1.98. The summed E-state index contributed by atoms with van der Waals surface area (Å²) >= 11 is 1.90. The number of benzene rings is 1. The van der Waals surface area contributed by atoms with Gasteiger partial charge in [0.2, 0.25) is 0 Å². The highest BCUT2D eigenvalue weighted by atomic mass is 32.1. The Hall–Kier alpha value is -1.12. The van der Waals surface area contributed by atoms with E-state index in [1.165, 1.54) is 42.8 Å². The van der Waals surface area contributed by atoms with Crippen molar-refractivity contribution in [3.8, 4) is 0 Å². The van der Waals surface area contributed by atoms with Crippen molar-refractivity contribution >= 4 is 11.3 Å². The third kappa shape index (κ3) is 3.07. The number of piperidine rings is 1. The highest BCUT2D eigenvalue weighted by molar-refractivity contribution is 7.10. The van der Waals surface area contributed by atoms with Crippen LogP contribution in [0.4, 0.5) is 0 Å². The number of thiophene rings is 1. The molecule has 1 aromatic heterocycles. The van der Waals surface area contributed by atoms with Crippen LogP contribution in [0.5, 0.6) is 0 Å². The van der Waals surface area contributed by atoms with E-state index < -0.39 is 0 Å². The molecule has 112 valence electrons. The maximum absolute atomic E-state index is 2.71. The van der Waals surface area contributed by atoms with Crippen LogP contribution in [0.25, 0.3) is 0 Å². The fraction of sp³-hybridized carbons (Fsp3) is 0.474. The highest BCUT2D eigenvalue weighted by Gasteiger charge is 2.37. The lowest BCUT2D eigenvalue weighted by atomic mass is 9.76. The van der Waals surface area contributed by atoms with E-state index in [4.69, 9.17) is 0 Å². The number of likely N-dealkylation sites (tertiary alicyclic amines) is 1. The summed E-state index contributed by atoms with van der Waals surface area (Å²) in [6, 6.07) is 16.0. The minimum atomic E-state index is 0.128. The molecule has 2 aromatic rings. The molecule has 2 heterocycles. The minimum absolute atomic E-state index is 0.128. The SMILES string of the molecule is CC(C)(c1ccccc1)C(c1cccs1)N1CCCCC1. The first kappa shape index (κ1) is 14.8. The topological polar surface area (TPSA) is 3.24 Å². The molecule has 1 saturated heterocycles. The van der Waals surface area contributed by atoms with E-state index in [-0.39, 0.29) is 5.41 Å². The second kappa shape index (κ2) is 6.33. The van der Waals surface area contributed by atoms with Gasteiger partial charge in [-0.2, -0.15) is 0 Å². The fourth-order valence-electron chi connectivity index (χ4n) is 3.64. The van der Waals surface area contributed by atoms with E-state index in [9.17, 15) is 0 Å². The Labute approximate surface area is 132 Å². The summed E-state index contributed by atoms with van der Waals surface area (Å²) in [5.74, 6) is 0. The third-order valence-electron chi connectivity index (χ3n) is 4.77. The molecule has 1 nitrogen and oxygen atoms in total. The summed E-state index contributed by atoms with van der Waals surface area (Å²) in [7, 11) is 0. The molecule has 0 amide bonds. The van der Waals surface area contributed by atoms with Gasteiger partial charge in [-0.25, -0.2) is 0 Å². The molecule has 0 N–H and O–H groups in total. The standard InChI is InChI=1S/C19H25NS/c1-19(2,16-10-5-3-6-11-16)18(17-12-9-15-21-17)20-13-7-4-8-14-20/h3,5-6,9-12,15,18H,4,7-8,13-14H2,1-2H3.